The van der Waals surface area contributed by atoms with Gasteiger partial charge in [-0.15, -0.1) is 0 Å². The number of aliphatic hydroxyl groups excluding tert-OH is 1. The van der Waals surface area contributed by atoms with Crippen molar-refractivity contribution in [2.24, 2.45) is 5.92 Å². The first-order valence-electron chi connectivity index (χ1n) is 9.83. The van der Waals surface area contributed by atoms with E-state index >= 15 is 0 Å². The molecule has 4 nitrogen and oxygen atoms in total. The van der Waals surface area contributed by atoms with Crippen molar-refractivity contribution in [2.75, 3.05) is 0 Å². The quantitative estimate of drug-likeness (QED) is 0.706. The van der Waals surface area contributed by atoms with E-state index in [0.29, 0.717) is 19.3 Å². The molecule has 146 valence electrons. The molecule has 4 heteroatoms. The second-order valence-corrected chi connectivity index (χ2v) is 7.18. The Balaban J connectivity index is 1.90. The largest absolute Gasteiger partial charge is 0.504 e. The summed E-state index contributed by atoms with van der Waals surface area (Å²) in [4.78, 5) is 25.8. The standard InChI is InChI=1S/C24H26O4/c1-3-17(15-16-11-7-5-8-12-16)23-22(26)21(25)20(24(27)28-23)19(4-2)18-13-9-6-10-14-18/h5-14,17,19,23,25H,3-4,15H2,1-2H3/t17-,19-,23?/m1/s1. The Kier molecular flexibility index (Phi) is 6.30. The van der Waals surface area contributed by atoms with Crippen LogP contribution in [0, 0.1) is 5.92 Å². The lowest BCUT2D eigenvalue weighted by Gasteiger charge is -2.31. The zero-order valence-corrected chi connectivity index (χ0v) is 16.3. The van der Waals surface area contributed by atoms with Gasteiger partial charge in [-0.25, -0.2) is 4.79 Å². The van der Waals surface area contributed by atoms with Gasteiger partial charge in [-0.05, 0) is 30.4 Å². The SMILES string of the molecule is CC[C@H](Cc1ccccc1)C1OC(=O)C([C@H](CC)c2ccccc2)=C(O)C1=O. The van der Waals surface area contributed by atoms with Crippen LogP contribution in [0.15, 0.2) is 72.0 Å². The molecule has 1 heterocycles. The highest BCUT2D eigenvalue weighted by atomic mass is 16.6. The molecular weight excluding hydrogens is 352 g/mol. The van der Waals surface area contributed by atoms with Gasteiger partial charge in [0.05, 0.1) is 5.57 Å². The summed E-state index contributed by atoms with van der Waals surface area (Å²) in [5.41, 5.74) is 2.03. The molecule has 0 fully saturated rings. The van der Waals surface area contributed by atoms with Gasteiger partial charge in [0.15, 0.2) is 11.9 Å². The number of Topliss-reactive ketones (excluding diaryl/α,β-unsaturated/α-hetero) is 1. The average Bonchev–Trinajstić information content (AvgIpc) is 2.73. The van der Waals surface area contributed by atoms with Crippen LogP contribution in [0.2, 0.25) is 0 Å². The molecule has 3 rings (SSSR count). The summed E-state index contributed by atoms with van der Waals surface area (Å²) < 4.78 is 5.60. The number of ether oxygens (including phenoxy) is 1. The van der Waals surface area contributed by atoms with Crippen molar-refractivity contribution < 1.29 is 19.4 Å². The fraction of sp³-hybridized carbons (Fsp3) is 0.333. The first kappa shape index (κ1) is 19.9. The minimum atomic E-state index is -0.949. The van der Waals surface area contributed by atoms with Gasteiger partial charge < -0.3 is 9.84 Å². The first-order chi connectivity index (χ1) is 13.6. The Morgan fingerprint density at radius 3 is 2.11 bits per heavy atom. The maximum Gasteiger partial charge on any atom is 0.339 e. The van der Waals surface area contributed by atoms with E-state index in [1.165, 1.54) is 0 Å². The number of esters is 1. The maximum absolute atomic E-state index is 12.9. The monoisotopic (exact) mass is 378 g/mol. The van der Waals surface area contributed by atoms with Crippen LogP contribution in [0.1, 0.15) is 43.7 Å². The van der Waals surface area contributed by atoms with Crippen LogP contribution in [-0.2, 0) is 20.7 Å². The first-order valence-corrected chi connectivity index (χ1v) is 9.83. The molecule has 0 saturated heterocycles. The van der Waals surface area contributed by atoms with Gasteiger partial charge in [0.25, 0.3) is 0 Å². The topological polar surface area (TPSA) is 63.6 Å². The summed E-state index contributed by atoms with van der Waals surface area (Å²) in [6.07, 6.45) is 0.906. The molecule has 2 aromatic carbocycles. The number of aliphatic hydroxyl groups is 1. The van der Waals surface area contributed by atoms with Crippen LogP contribution in [0.5, 0.6) is 0 Å². The Labute approximate surface area is 165 Å². The van der Waals surface area contributed by atoms with Crippen LogP contribution in [0.3, 0.4) is 0 Å². The molecular formula is C24H26O4. The van der Waals surface area contributed by atoms with E-state index in [1.54, 1.807) is 0 Å². The van der Waals surface area contributed by atoms with Crippen LogP contribution in [0.4, 0.5) is 0 Å². The third-order valence-electron chi connectivity index (χ3n) is 5.45. The predicted molar refractivity (Wildman–Crippen MR) is 108 cm³/mol. The third kappa shape index (κ3) is 4.01. The van der Waals surface area contributed by atoms with E-state index in [-0.39, 0.29) is 17.4 Å². The van der Waals surface area contributed by atoms with Crippen molar-refractivity contribution in [3.05, 3.63) is 83.1 Å². The van der Waals surface area contributed by atoms with E-state index in [9.17, 15) is 14.7 Å². The predicted octanol–water partition coefficient (Wildman–Crippen LogP) is 4.76. The Morgan fingerprint density at radius 2 is 1.54 bits per heavy atom. The molecule has 0 aromatic heterocycles. The molecule has 1 unspecified atom stereocenters. The molecule has 0 bridgehead atoms. The van der Waals surface area contributed by atoms with Crippen molar-refractivity contribution in [3.8, 4) is 0 Å². The van der Waals surface area contributed by atoms with E-state index in [0.717, 1.165) is 11.1 Å². The number of cyclic esters (lactones) is 1. The average molecular weight is 378 g/mol. The fourth-order valence-corrected chi connectivity index (χ4v) is 3.89. The number of hydrogen-bond donors (Lipinski definition) is 1. The van der Waals surface area contributed by atoms with E-state index in [4.69, 9.17) is 4.74 Å². The van der Waals surface area contributed by atoms with E-state index < -0.39 is 23.6 Å². The lowest BCUT2D eigenvalue weighted by atomic mass is 9.82. The summed E-state index contributed by atoms with van der Waals surface area (Å²) in [5, 5.41) is 10.7. The highest BCUT2D eigenvalue weighted by Gasteiger charge is 2.42. The Morgan fingerprint density at radius 1 is 0.929 bits per heavy atom. The highest BCUT2D eigenvalue weighted by molar-refractivity contribution is 6.09. The second-order valence-electron chi connectivity index (χ2n) is 7.18. The number of carbonyl (C=O) groups is 2. The molecule has 1 aliphatic heterocycles. The Bertz CT molecular complexity index is 855. The lowest BCUT2D eigenvalue weighted by Crippen LogP contribution is -2.42. The Hall–Kier alpha value is -2.88. The summed E-state index contributed by atoms with van der Waals surface area (Å²) >= 11 is 0. The third-order valence-corrected chi connectivity index (χ3v) is 5.45. The minimum absolute atomic E-state index is 0.0736. The van der Waals surface area contributed by atoms with Crippen LogP contribution in [-0.4, -0.2) is 23.0 Å². The number of hydrogen-bond acceptors (Lipinski definition) is 4. The fourth-order valence-electron chi connectivity index (χ4n) is 3.89. The number of benzene rings is 2. The van der Waals surface area contributed by atoms with Gasteiger partial charge in [-0.2, -0.15) is 0 Å². The van der Waals surface area contributed by atoms with Gasteiger partial charge >= 0.3 is 5.97 Å². The van der Waals surface area contributed by atoms with Gasteiger partial charge in [-0.3, -0.25) is 4.79 Å². The summed E-state index contributed by atoms with van der Waals surface area (Å²) in [6, 6.07) is 19.2. The molecule has 1 N–H and O–H groups in total. The molecule has 2 aromatic rings. The van der Waals surface area contributed by atoms with Crippen molar-refractivity contribution in [3.63, 3.8) is 0 Å². The van der Waals surface area contributed by atoms with E-state index in [1.807, 2.05) is 74.5 Å². The van der Waals surface area contributed by atoms with Crippen LogP contribution in [0.25, 0.3) is 0 Å². The molecule has 0 radical (unpaired) electrons. The zero-order valence-electron chi connectivity index (χ0n) is 16.3. The molecule has 1 aliphatic rings. The smallest absolute Gasteiger partial charge is 0.339 e. The number of ketones is 1. The lowest BCUT2D eigenvalue weighted by molar-refractivity contribution is -0.158. The van der Waals surface area contributed by atoms with Gasteiger partial charge in [0.2, 0.25) is 5.78 Å². The zero-order chi connectivity index (χ0) is 20.1. The van der Waals surface area contributed by atoms with Gasteiger partial charge in [-0.1, -0.05) is 74.5 Å². The normalized spacial score (nSPS) is 19.3. The molecule has 0 spiro atoms. The van der Waals surface area contributed by atoms with Crippen molar-refractivity contribution in [2.45, 2.75) is 45.1 Å². The maximum atomic E-state index is 12.9. The summed E-state index contributed by atoms with van der Waals surface area (Å²) in [6.45, 7) is 3.88. The summed E-state index contributed by atoms with van der Waals surface area (Å²) in [7, 11) is 0. The van der Waals surface area contributed by atoms with Crippen molar-refractivity contribution in [1.29, 1.82) is 0 Å². The van der Waals surface area contributed by atoms with Crippen molar-refractivity contribution >= 4 is 11.8 Å². The molecule has 0 amide bonds. The molecule has 0 saturated carbocycles. The number of rotatable bonds is 7. The highest BCUT2D eigenvalue weighted by Crippen LogP contribution is 2.35. The second kappa shape index (κ2) is 8.87. The summed E-state index contributed by atoms with van der Waals surface area (Å²) in [5.74, 6) is -2.08. The molecule has 3 atom stereocenters. The van der Waals surface area contributed by atoms with Gasteiger partial charge in [0, 0.05) is 11.8 Å². The molecule has 0 aliphatic carbocycles. The van der Waals surface area contributed by atoms with Crippen LogP contribution < -0.4 is 0 Å². The minimum Gasteiger partial charge on any atom is -0.504 e. The van der Waals surface area contributed by atoms with Crippen LogP contribution >= 0.6 is 0 Å². The van der Waals surface area contributed by atoms with Gasteiger partial charge in [0.1, 0.15) is 0 Å². The van der Waals surface area contributed by atoms with E-state index in [2.05, 4.69) is 0 Å². The number of carbonyl (C=O) groups excluding carboxylic acids is 2. The van der Waals surface area contributed by atoms with Crippen molar-refractivity contribution in [1.82, 2.24) is 0 Å². The molecule has 28 heavy (non-hydrogen) atoms.